The van der Waals surface area contributed by atoms with E-state index in [9.17, 15) is 0 Å². The van der Waals surface area contributed by atoms with Crippen molar-refractivity contribution in [2.24, 2.45) is 11.7 Å². The number of nitrogens with two attached hydrogens (primary N) is 1. The van der Waals surface area contributed by atoms with Gasteiger partial charge in [0.25, 0.3) is 0 Å². The van der Waals surface area contributed by atoms with Crippen LogP contribution in [0.1, 0.15) is 13.3 Å². The second-order valence-corrected chi connectivity index (χ2v) is 3.26. The Bertz CT molecular complexity index is 174. The topological polar surface area (TPSA) is 29.3 Å². The molecule has 1 aliphatic heterocycles. The third kappa shape index (κ3) is 0.686. The zero-order valence-corrected chi connectivity index (χ0v) is 6.38. The fourth-order valence-corrected chi connectivity index (χ4v) is 1.87. The number of fused-ring (bicyclic) bond motifs is 1. The van der Waals surface area contributed by atoms with E-state index in [0.717, 1.165) is 12.5 Å². The van der Waals surface area contributed by atoms with Crippen LogP contribution in [0.15, 0.2) is 11.8 Å². The molecule has 2 atom stereocenters. The Morgan fingerprint density at radius 1 is 1.80 bits per heavy atom. The van der Waals surface area contributed by atoms with Crippen LogP contribution in [0.4, 0.5) is 0 Å². The van der Waals surface area contributed by atoms with E-state index in [2.05, 4.69) is 18.0 Å². The zero-order chi connectivity index (χ0) is 7.14. The van der Waals surface area contributed by atoms with Crippen molar-refractivity contribution in [2.45, 2.75) is 19.4 Å². The number of rotatable bonds is 1. The van der Waals surface area contributed by atoms with Crippen LogP contribution in [0.2, 0.25) is 0 Å². The van der Waals surface area contributed by atoms with E-state index in [4.69, 9.17) is 5.73 Å². The molecule has 0 saturated heterocycles. The first-order chi connectivity index (χ1) is 4.81. The molecule has 1 heterocycles. The molecule has 0 aromatic rings. The van der Waals surface area contributed by atoms with Gasteiger partial charge in [-0.05, 0) is 18.9 Å². The molecule has 0 aromatic carbocycles. The van der Waals surface area contributed by atoms with Gasteiger partial charge in [0.05, 0.1) is 0 Å². The summed E-state index contributed by atoms with van der Waals surface area (Å²) in [7, 11) is 0. The summed E-state index contributed by atoms with van der Waals surface area (Å²) >= 11 is 0. The van der Waals surface area contributed by atoms with E-state index in [0.29, 0.717) is 6.04 Å². The molecule has 0 aromatic heterocycles. The lowest BCUT2D eigenvalue weighted by molar-refractivity contribution is 0.331. The summed E-state index contributed by atoms with van der Waals surface area (Å²) in [5.41, 5.74) is 7.27. The molecule has 2 N–H and O–H groups in total. The maximum atomic E-state index is 5.79. The van der Waals surface area contributed by atoms with Gasteiger partial charge in [0.1, 0.15) is 0 Å². The number of hydrogen-bond donors (Lipinski definition) is 1. The van der Waals surface area contributed by atoms with Crippen molar-refractivity contribution in [3.05, 3.63) is 11.8 Å². The van der Waals surface area contributed by atoms with Crippen LogP contribution in [0, 0.1) is 5.92 Å². The van der Waals surface area contributed by atoms with Gasteiger partial charge in [-0.25, -0.2) is 0 Å². The molecular weight excluding hydrogens is 124 g/mol. The van der Waals surface area contributed by atoms with Gasteiger partial charge >= 0.3 is 0 Å². The van der Waals surface area contributed by atoms with Crippen LogP contribution in [0.3, 0.4) is 0 Å². The Labute approximate surface area is 61.7 Å². The average Bonchev–Trinajstić information content (AvgIpc) is 2.26. The Morgan fingerprint density at radius 3 is 3.10 bits per heavy atom. The maximum absolute atomic E-state index is 5.79. The van der Waals surface area contributed by atoms with E-state index < -0.39 is 0 Å². The van der Waals surface area contributed by atoms with E-state index in [1.54, 1.807) is 0 Å². The Morgan fingerprint density at radius 2 is 2.60 bits per heavy atom. The van der Waals surface area contributed by atoms with Crippen molar-refractivity contribution in [1.29, 1.82) is 0 Å². The highest BCUT2D eigenvalue weighted by Gasteiger charge is 2.37. The monoisotopic (exact) mass is 138 g/mol. The van der Waals surface area contributed by atoms with Gasteiger partial charge in [-0.2, -0.15) is 0 Å². The van der Waals surface area contributed by atoms with Crippen LogP contribution in [0.25, 0.3) is 0 Å². The lowest BCUT2D eigenvalue weighted by Crippen LogP contribution is -2.39. The third-order valence-electron chi connectivity index (χ3n) is 2.63. The van der Waals surface area contributed by atoms with E-state index in [-0.39, 0.29) is 0 Å². The number of nitrogens with zero attached hydrogens (tertiary/aromatic N) is 1. The molecule has 2 rings (SSSR count). The molecule has 0 radical (unpaired) electrons. The largest absolute Gasteiger partial charge is 0.377 e. The minimum Gasteiger partial charge on any atom is -0.377 e. The summed E-state index contributed by atoms with van der Waals surface area (Å²) in [5.74, 6) is 0.815. The normalized spacial score (nSPS) is 37.0. The standard InChI is InChI=1S/C8H14N2/c1-2-10-4-6-3-8(9)7(6)5-10/h5-6,8H,2-4,9H2,1H3. The molecule has 2 unspecified atom stereocenters. The predicted octanol–water partition coefficient (Wildman–Crippen LogP) is 0.553. The van der Waals surface area contributed by atoms with E-state index in [1.807, 2.05) is 0 Å². The van der Waals surface area contributed by atoms with Gasteiger partial charge in [-0.15, -0.1) is 0 Å². The highest BCUT2D eigenvalue weighted by molar-refractivity contribution is 5.27. The van der Waals surface area contributed by atoms with Crippen LogP contribution in [-0.4, -0.2) is 24.0 Å². The Hall–Kier alpha value is -0.500. The molecule has 10 heavy (non-hydrogen) atoms. The highest BCUT2D eigenvalue weighted by Crippen LogP contribution is 2.37. The summed E-state index contributed by atoms with van der Waals surface area (Å²) < 4.78 is 0. The van der Waals surface area contributed by atoms with Crippen molar-refractivity contribution in [2.75, 3.05) is 13.1 Å². The molecule has 56 valence electrons. The van der Waals surface area contributed by atoms with Crippen LogP contribution in [-0.2, 0) is 0 Å². The van der Waals surface area contributed by atoms with E-state index in [1.165, 1.54) is 18.5 Å². The molecule has 1 fully saturated rings. The summed E-state index contributed by atoms with van der Waals surface area (Å²) in [6, 6.07) is 0.390. The fourth-order valence-electron chi connectivity index (χ4n) is 1.87. The van der Waals surface area contributed by atoms with Gasteiger partial charge < -0.3 is 10.6 Å². The highest BCUT2D eigenvalue weighted by atomic mass is 15.1. The summed E-state index contributed by atoms with van der Waals surface area (Å²) in [4.78, 5) is 2.35. The minimum absolute atomic E-state index is 0.390. The molecule has 2 aliphatic rings. The van der Waals surface area contributed by atoms with Crippen molar-refractivity contribution in [1.82, 2.24) is 4.90 Å². The first-order valence-electron chi connectivity index (χ1n) is 4.02. The molecule has 0 bridgehead atoms. The minimum atomic E-state index is 0.390. The molecule has 1 saturated carbocycles. The van der Waals surface area contributed by atoms with Crippen molar-refractivity contribution in [3.8, 4) is 0 Å². The first kappa shape index (κ1) is 6.23. The van der Waals surface area contributed by atoms with Gasteiger partial charge in [-0.3, -0.25) is 0 Å². The molecule has 2 heteroatoms. The third-order valence-corrected chi connectivity index (χ3v) is 2.63. The predicted molar refractivity (Wildman–Crippen MR) is 41.4 cm³/mol. The SMILES string of the molecule is CCN1C=C2C(N)CC2C1. The maximum Gasteiger partial charge on any atom is 0.0280 e. The summed E-state index contributed by atoms with van der Waals surface area (Å²) in [6.45, 7) is 4.54. The van der Waals surface area contributed by atoms with Gasteiger partial charge in [-0.1, -0.05) is 0 Å². The van der Waals surface area contributed by atoms with Crippen LogP contribution in [0.5, 0.6) is 0 Å². The van der Waals surface area contributed by atoms with Gasteiger partial charge in [0, 0.05) is 31.2 Å². The molecule has 2 nitrogen and oxygen atoms in total. The molecular formula is C8H14N2. The van der Waals surface area contributed by atoms with E-state index >= 15 is 0 Å². The zero-order valence-electron chi connectivity index (χ0n) is 6.38. The molecule has 0 amide bonds. The van der Waals surface area contributed by atoms with Crippen LogP contribution < -0.4 is 5.73 Å². The summed E-state index contributed by atoms with van der Waals surface area (Å²) in [6.07, 6.45) is 3.46. The second-order valence-electron chi connectivity index (χ2n) is 3.26. The molecule has 0 spiro atoms. The fraction of sp³-hybridized carbons (Fsp3) is 0.750. The Balaban J connectivity index is 2.07. The lowest BCUT2D eigenvalue weighted by Gasteiger charge is -2.31. The smallest absolute Gasteiger partial charge is 0.0280 e. The number of hydrogen-bond acceptors (Lipinski definition) is 2. The van der Waals surface area contributed by atoms with Crippen LogP contribution >= 0.6 is 0 Å². The Kier molecular flexibility index (Phi) is 1.24. The summed E-state index contributed by atoms with van der Waals surface area (Å²) in [5, 5.41) is 0. The first-order valence-corrected chi connectivity index (χ1v) is 4.02. The second kappa shape index (κ2) is 1.99. The van der Waals surface area contributed by atoms with Crippen molar-refractivity contribution < 1.29 is 0 Å². The molecule has 1 aliphatic carbocycles. The average molecular weight is 138 g/mol. The van der Waals surface area contributed by atoms with Gasteiger partial charge in [0.2, 0.25) is 0 Å². The van der Waals surface area contributed by atoms with Crippen molar-refractivity contribution in [3.63, 3.8) is 0 Å². The van der Waals surface area contributed by atoms with Crippen molar-refractivity contribution >= 4 is 0 Å². The lowest BCUT2D eigenvalue weighted by atomic mass is 9.77. The van der Waals surface area contributed by atoms with Gasteiger partial charge in [0.15, 0.2) is 0 Å². The quantitative estimate of drug-likeness (QED) is 0.573.